The zero-order valence-electron chi connectivity index (χ0n) is 7.42. The minimum absolute atomic E-state index is 0.377. The van der Waals surface area contributed by atoms with Crippen molar-refractivity contribution in [3.05, 3.63) is 11.6 Å². The monoisotopic (exact) mass is 164 g/mol. The molecule has 1 unspecified atom stereocenters. The molecule has 2 heteroatoms. The normalized spacial score (nSPS) is 28.9. The third-order valence-corrected chi connectivity index (χ3v) is 2.73. The maximum atomic E-state index is 5.59. The second-order valence-electron chi connectivity index (χ2n) is 3.64. The van der Waals surface area contributed by atoms with Crippen LogP contribution in [0.4, 0.5) is 0 Å². The van der Waals surface area contributed by atoms with Crippen LogP contribution in [0, 0.1) is 0 Å². The Morgan fingerprint density at radius 2 is 2.25 bits per heavy atom. The molecule has 2 rings (SSSR count). The fourth-order valence-electron chi connectivity index (χ4n) is 1.98. The molecule has 0 aromatic carbocycles. The van der Waals surface area contributed by atoms with Gasteiger partial charge in [-0.15, -0.1) is 0 Å². The largest absolute Gasteiger partial charge is 0.328 e. The zero-order chi connectivity index (χ0) is 8.39. The van der Waals surface area contributed by atoms with Crippen molar-refractivity contribution in [2.24, 2.45) is 10.7 Å². The number of nitrogens with two attached hydrogens (primary N) is 1. The number of allylic oxidation sites excluding steroid dienone is 1. The van der Waals surface area contributed by atoms with Crippen molar-refractivity contribution >= 4 is 5.71 Å². The van der Waals surface area contributed by atoms with Gasteiger partial charge in [0.1, 0.15) is 0 Å². The number of rotatable bonds is 1. The first-order valence-electron chi connectivity index (χ1n) is 4.86. The Bertz CT molecular complexity index is 228. The van der Waals surface area contributed by atoms with E-state index in [0.717, 1.165) is 6.42 Å². The second-order valence-corrected chi connectivity index (χ2v) is 3.64. The number of hydrogen-bond donors (Lipinski definition) is 1. The molecule has 0 bridgehead atoms. The summed E-state index contributed by atoms with van der Waals surface area (Å²) in [4.78, 5) is 4.65. The zero-order valence-corrected chi connectivity index (χ0v) is 7.42. The van der Waals surface area contributed by atoms with Crippen molar-refractivity contribution in [2.75, 3.05) is 6.54 Å². The van der Waals surface area contributed by atoms with Gasteiger partial charge < -0.3 is 5.73 Å². The molecule has 12 heavy (non-hydrogen) atoms. The molecule has 0 aromatic heterocycles. The fourth-order valence-corrected chi connectivity index (χ4v) is 1.98. The van der Waals surface area contributed by atoms with Gasteiger partial charge in [-0.05, 0) is 37.7 Å². The Kier molecular flexibility index (Phi) is 2.26. The molecule has 0 spiro atoms. The smallest absolute Gasteiger partial charge is 0.0659 e. The lowest BCUT2D eigenvalue weighted by Gasteiger charge is -2.23. The first-order valence-corrected chi connectivity index (χ1v) is 4.86. The summed E-state index contributed by atoms with van der Waals surface area (Å²) < 4.78 is 0. The van der Waals surface area contributed by atoms with Crippen LogP contribution in [-0.4, -0.2) is 18.3 Å². The summed E-state index contributed by atoms with van der Waals surface area (Å²) in [6.45, 7) is 0.702. The molecular weight excluding hydrogens is 148 g/mol. The Morgan fingerprint density at radius 3 is 3.08 bits per heavy atom. The van der Waals surface area contributed by atoms with Crippen molar-refractivity contribution in [3.8, 4) is 0 Å². The molecule has 1 aliphatic carbocycles. The highest BCUT2D eigenvalue weighted by molar-refractivity contribution is 6.01. The highest BCUT2D eigenvalue weighted by Crippen LogP contribution is 2.25. The molecule has 1 heterocycles. The van der Waals surface area contributed by atoms with Gasteiger partial charge in [-0.2, -0.15) is 0 Å². The third-order valence-electron chi connectivity index (χ3n) is 2.73. The summed E-state index contributed by atoms with van der Waals surface area (Å²) >= 11 is 0. The first kappa shape index (κ1) is 7.99. The maximum Gasteiger partial charge on any atom is 0.0659 e. The van der Waals surface area contributed by atoms with Crippen LogP contribution in [0.15, 0.2) is 16.6 Å². The summed E-state index contributed by atoms with van der Waals surface area (Å²) in [6.07, 6.45) is 8.50. The molecule has 0 radical (unpaired) electrons. The van der Waals surface area contributed by atoms with Gasteiger partial charge in [0, 0.05) is 12.3 Å². The van der Waals surface area contributed by atoms with Gasteiger partial charge in [-0.25, -0.2) is 0 Å². The summed E-state index contributed by atoms with van der Waals surface area (Å²) in [7, 11) is 0. The Morgan fingerprint density at radius 1 is 1.42 bits per heavy atom. The molecule has 0 saturated heterocycles. The summed E-state index contributed by atoms with van der Waals surface area (Å²) in [5.74, 6) is 0. The van der Waals surface area contributed by atoms with E-state index in [9.17, 15) is 0 Å². The molecule has 1 saturated carbocycles. The Hall–Kier alpha value is -0.630. The quantitative estimate of drug-likeness (QED) is 0.629. The van der Waals surface area contributed by atoms with Crippen molar-refractivity contribution in [1.82, 2.24) is 0 Å². The van der Waals surface area contributed by atoms with Gasteiger partial charge in [-0.3, -0.25) is 4.99 Å². The first-order chi connectivity index (χ1) is 5.90. The van der Waals surface area contributed by atoms with Crippen LogP contribution in [-0.2, 0) is 0 Å². The van der Waals surface area contributed by atoms with Crippen LogP contribution < -0.4 is 5.73 Å². The van der Waals surface area contributed by atoms with Crippen molar-refractivity contribution in [3.63, 3.8) is 0 Å². The molecular formula is C10H16N2. The van der Waals surface area contributed by atoms with Crippen molar-refractivity contribution < 1.29 is 0 Å². The van der Waals surface area contributed by atoms with Crippen molar-refractivity contribution in [2.45, 2.75) is 38.1 Å². The molecule has 66 valence electrons. The van der Waals surface area contributed by atoms with Crippen LogP contribution in [0.2, 0.25) is 0 Å². The highest BCUT2D eigenvalue weighted by atomic mass is 14.8. The minimum atomic E-state index is 0.377. The number of fused-ring (bicyclic) bond motifs is 1. The van der Waals surface area contributed by atoms with Gasteiger partial charge >= 0.3 is 0 Å². The fraction of sp³-hybridized carbons (Fsp3) is 0.700. The van der Waals surface area contributed by atoms with Crippen LogP contribution in [0.1, 0.15) is 32.1 Å². The van der Waals surface area contributed by atoms with Gasteiger partial charge in [0.2, 0.25) is 0 Å². The number of aliphatic imine (C=N–C) groups is 1. The Balaban J connectivity index is 2.13. The standard InChI is InChI=1S/C10H16N2/c11-7-9-6-5-8-3-1-2-4-10(8)12-9/h5,9H,1-4,6-7,11H2. The highest BCUT2D eigenvalue weighted by Gasteiger charge is 2.18. The molecule has 1 atom stereocenters. The van der Waals surface area contributed by atoms with E-state index in [2.05, 4.69) is 11.1 Å². The van der Waals surface area contributed by atoms with Gasteiger partial charge in [-0.1, -0.05) is 6.08 Å². The molecule has 1 fully saturated rings. The molecule has 0 amide bonds. The van der Waals surface area contributed by atoms with Crippen LogP contribution in [0.5, 0.6) is 0 Å². The summed E-state index contributed by atoms with van der Waals surface area (Å²) in [5.41, 5.74) is 8.44. The van der Waals surface area contributed by atoms with E-state index in [0.29, 0.717) is 12.6 Å². The molecule has 0 aromatic rings. The minimum Gasteiger partial charge on any atom is -0.328 e. The van der Waals surface area contributed by atoms with Crippen LogP contribution in [0.3, 0.4) is 0 Å². The average molecular weight is 164 g/mol. The molecule has 2 aliphatic rings. The lowest BCUT2D eigenvalue weighted by Crippen LogP contribution is -2.24. The maximum absolute atomic E-state index is 5.59. The topological polar surface area (TPSA) is 38.4 Å². The van der Waals surface area contributed by atoms with Crippen molar-refractivity contribution in [1.29, 1.82) is 0 Å². The van der Waals surface area contributed by atoms with E-state index >= 15 is 0 Å². The van der Waals surface area contributed by atoms with Crippen LogP contribution in [0.25, 0.3) is 0 Å². The lowest BCUT2D eigenvalue weighted by atomic mass is 9.89. The number of hydrogen-bond acceptors (Lipinski definition) is 2. The Labute approximate surface area is 73.6 Å². The van der Waals surface area contributed by atoms with E-state index in [1.54, 1.807) is 0 Å². The summed E-state index contributed by atoms with van der Waals surface area (Å²) in [6, 6.07) is 0.377. The average Bonchev–Trinajstić information content (AvgIpc) is 2.17. The van der Waals surface area contributed by atoms with E-state index in [4.69, 9.17) is 5.73 Å². The van der Waals surface area contributed by atoms with E-state index in [-0.39, 0.29) is 0 Å². The lowest BCUT2D eigenvalue weighted by molar-refractivity contribution is 0.650. The number of dihydropyridines is 1. The van der Waals surface area contributed by atoms with Gasteiger partial charge in [0.15, 0.2) is 0 Å². The molecule has 1 aliphatic heterocycles. The number of nitrogens with zero attached hydrogens (tertiary/aromatic N) is 1. The molecule has 2 nitrogen and oxygen atoms in total. The van der Waals surface area contributed by atoms with E-state index < -0.39 is 0 Å². The van der Waals surface area contributed by atoms with Gasteiger partial charge in [0.05, 0.1) is 6.04 Å². The van der Waals surface area contributed by atoms with E-state index in [1.807, 2.05) is 0 Å². The SMILES string of the molecule is NCC1CC=C2CCCCC2=N1. The summed E-state index contributed by atoms with van der Waals surface area (Å²) in [5, 5.41) is 0. The molecule has 2 N–H and O–H groups in total. The third kappa shape index (κ3) is 1.44. The van der Waals surface area contributed by atoms with Crippen LogP contribution >= 0.6 is 0 Å². The van der Waals surface area contributed by atoms with E-state index in [1.165, 1.54) is 37.0 Å². The predicted molar refractivity (Wildman–Crippen MR) is 51.4 cm³/mol. The predicted octanol–water partition coefficient (Wildman–Crippen LogP) is 1.66. The van der Waals surface area contributed by atoms with Gasteiger partial charge in [0.25, 0.3) is 0 Å². The second kappa shape index (κ2) is 3.40.